The van der Waals surface area contributed by atoms with Crippen molar-refractivity contribution >= 4 is 16.9 Å². The molecule has 2 aliphatic heterocycles. The molecular formula is C21H20N2O2. The van der Waals surface area contributed by atoms with E-state index in [1.54, 1.807) is 0 Å². The number of aromatic nitrogens is 1. The Hall–Kier alpha value is -2.59. The monoisotopic (exact) mass is 332 g/mol. The van der Waals surface area contributed by atoms with Crippen molar-refractivity contribution in [1.82, 2.24) is 9.88 Å². The predicted molar refractivity (Wildman–Crippen MR) is 96.6 cm³/mol. The number of nitrogens with zero attached hydrogens (tertiary/aromatic N) is 1. The SMILES string of the molecule is COC(=O)c1cccc2c1C[C@H]1c3[nH]c4ccccc4c3CCN1C2. The summed E-state index contributed by atoms with van der Waals surface area (Å²) in [5.41, 5.74) is 7.07. The van der Waals surface area contributed by atoms with Gasteiger partial charge in [-0.2, -0.15) is 0 Å². The van der Waals surface area contributed by atoms with Gasteiger partial charge in [-0.3, -0.25) is 4.90 Å². The molecule has 0 fully saturated rings. The van der Waals surface area contributed by atoms with Crippen LogP contribution in [0.4, 0.5) is 0 Å². The number of methoxy groups -OCH3 is 1. The van der Waals surface area contributed by atoms with Crippen molar-refractivity contribution in [3.8, 4) is 0 Å². The molecule has 5 rings (SSSR count). The van der Waals surface area contributed by atoms with Gasteiger partial charge in [-0.15, -0.1) is 0 Å². The van der Waals surface area contributed by atoms with Crippen molar-refractivity contribution in [3.63, 3.8) is 0 Å². The lowest BCUT2D eigenvalue weighted by Crippen LogP contribution is -2.39. The Morgan fingerprint density at radius 3 is 2.92 bits per heavy atom. The van der Waals surface area contributed by atoms with Gasteiger partial charge in [0.2, 0.25) is 0 Å². The van der Waals surface area contributed by atoms with E-state index in [0.717, 1.165) is 31.5 Å². The molecule has 0 bridgehead atoms. The zero-order valence-electron chi connectivity index (χ0n) is 14.2. The second-order valence-corrected chi connectivity index (χ2v) is 6.94. The average Bonchev–Trinajstić information content (AvgIpc) is 3.04. The van der Waals surface area contributed by atoms with Gasteiger partial charge in [-0.05, 0) is 41.7 Å². The number of H-pyrrole nitrogens is 1. The summed E-state index contributed by atoms with van der Waals surface area (Å²) < 4.78 is 5.00. The molecule has 1 N–H and O–H groups in total. The second kappa shape index (κ2) is 5.46. The van der Waals surface area contributed by atoms with Crippen LogP contribution in [0.25, 0.3) is 10.9 Å². The number of aromatic amines is 1. The maximum Gasteiger partial charge on any atom is 0.338 e. The van der Waals surface area contributed by atoms with Crippen molar-refractivity contribution < 1.29 is 9.53 Å². The summed E-state index contributed by atoms with van der Waals surface area (Å²) in [4.78, 5) is 18.4. The van der Waals surface area contributed by atoms with Crippen LogP contribution in [0, 0.1) is 0 Å². The van der Waals surface area contributed by atoms with E-state index >= 15 is 0 Å². The Bertz CT molecular complexity index is 989. The third-order valence-electron chi connectivity index (χ3n) is 5.72. The number of carbonyl (C=O) groups is 1. The minimum atomic E-state index is -0.238. The number of hydrogen-bond donors (Lipinski definition) is 1. The highest BCUT2D eigenvalue weighted by atomic mass is 16.5. The van der Waals surface area contributed by atoms with Gasteiger partial charge in [0.25, 0.3) is 0 Å². The van der Waals surface area contributed by atoms with Crippen molar-refractivity contribution in [2.24, 2.45) is 0 Å². The Morgan fingerprint density at radius 1 is 1.16 bits per heavy atom. The topological polar surface area (TPSA) is 45.3 Å². The molecule has 3 heterocycles. The van der Waals surface area contributed by atoms with Crippen molar-refractivity contribution in [2.75, 3.05) is 13.7 Å². The van der Waals surface area contributed by atoms with Gasteiger partial charge in [-0.25, -0.2) is 4.79 Å². The van der Waals surface area contributed by atoms with Crippen molar-refractivity contribution in [2.45, 2.75) is 25.4 Å². The Morgan fingerprint density at radius 2 is 2.04 bits per heavy atom. The second-order valence-electron chi connectivity index (χ2n) is 6.94. The summed E-state index contributed by atoms with van der Waals surface area (Å²) in [6.45, 7) is 1.95. The van der Waals surface area contributed by atoms with Gasteiger partial charge in [0.05, 0.1) is 18.7 Å². The van der Waals surface area contributed by atoms with E-state index in [1.807, 2.05) is 12.1 Å². The van der Waals surface area contributed by atoms with Crippen LogP contribution in [-0.4, -0.2) is 29.5 Å². The molecule has 126 valence electrons. The summed E-state index contributed by atoms with van der Waals surface area (Å²) in [5, 5.41) is 1.34. The fourth-order valence-electron chi connectivity index (χ4n) is 4.53. The number of esters is 1. The van der Waals surface area contributed by atoms with Gasteiger partial charge in [0.1, 0.15) is 0 Å². The number of fused-ring (bicyclic) bond motifs is 6. The summed E-state index contributed by atoms with van der Waals surface area (Å²) in [5.74, 6) is -0.238. The van der Waals surface area contributed by atoms with Crippen LogP contribution in [0.1, 0.15) is 38.8 Å². The highest BCUT2D eigenvalue weighted by Crippen LogP contribution is 2.41. The van der Waals surface area contributed by atoms with E-state index in [4.69, 9.17) is 4.74 Å². The zero-order chi connectivity index (χ0) is 17.0. The van der Waals surface area contributed by atoms with E-state index in [2.05, 4.69) is 40.2 Å². The Kier molecular flexibility index (Phi) is 3.22. The van der Waals surface area contributed by atoms with Crippen molar-refractivity contribution in [3.05, 3.63) is 70.4 Å². The normalized spacial score (nSPS) is 19.2. The van der Waals surface area contributed by atoms with Gasteiger partial charge in [-0.1, -0.05) is 30.3 Å². The number of nitrogens with one attached hydrogen (secondary N) is 1. The average molecular weight is 332 g/mol. The molecule has 0 spiro atoms. The first-order valence-corrected chi connectivity index (χ1v) is 8.79. The van der Waals surface area contributed by atoms with Crippen LogP contribution >= 0.6 is 0 Å². The summed E-state index contributed by atoms with van der Waals surface area (Å²) >= 11 is 0. The highest BCUT2D eigenvalue weighted by molar-refractivity contribution is 5.91. The third-order valence-corrected chi connectivity index (χ3v) is 5.72. The molecule has 2 aliphatic rings. The molecule has 0 amide bonds. The molecule has 0 saturated heterocycles. The molecule has 1 aromatic heterocycles. The van der Waals surface area contributed by atoms with Crippen molar-refractivity contribution in [1.29, 1.82) is 0 Å². The van der Waals surface area contributed by atoms with E-state index in [0.29, 0.717) is 11.6 Å². The standard InChI is InChI=1S/C21H20N2O2/c1-25-21(24)16-7-4-5-13-12-23-10-9-15-14-6-2-3-8-18(14)22-20(15)19(23)11-17(13)16/h2-8,19,22H,9-12H2,1H3/t19-/m0/s1. The molecule has 2 aromatic carbocycles. The van der Waals surface area contributed by atoms with Crippen LogP contribution in [0.2, 0.25) is 0 Å². The van der Waals surface area contributed by atoms with Crippen LogP contribution in [0.5, 0.6) is 0 Å². The number of benzene rings is 2. The molecule has 3 aromatic rings. The number of carbonyl (C=O) groups excluding carboxylic acids is 1. The Labute approximate surface area is 146 Å². The van der Waals surface area contributed by atoms with E-state index in [-0.39, 0.29) is 5.97 Å². The first kappa shape index (κ1) is 14.7. The van der Waals surface area contributed by atoms with Crippen LogP contribution in [0.15, 0.2) is 42.5 Å². The molecule has 1 atom stereocenters. The van der Waals surface area contributed by atoms with Crippen LogP contribution in [0.3, 0.4) is 0 Å². The minimum Gasteiger partial charge on any atom is -0.465 e. The molecule has 0 radical (unpaired) electrons. The van der Waals surface area contributed by atoms with E-state index in [9.17, 15) is 4.79 Å². The van der Waals surface area contributed by atoms with Crippen LogP contribution in [-0.2, 0) is 24.1 Å². The summed E-state index contributed by atoms with van der Waals surface area (Å²) in [6.07, 6.45) is 1.92. The lowest BCUT2D eigenvalue weighted by molar-refractivity contribution is 0.0596. The molecule has 4 heteroatoms. The van der Waals surface area contributed by atoms with Crippen LogP contribution < -0.4 is 0 Å². The summed E-state index contributed by atoms with van der Waals surface area (Å²) in [6, 6.07) is 14.8. The third kappa shape index (κ3) is 2.14. The molecule has 25 heavy (non-hydrogen) atoms. The van der Waals surface area contributed by atoms with E-state index < -0.39 is 0 Å². The largest absolute Gasteiger partial charge is 0.465 e. The first-order chi connectivity index (χ1) is 12.3. The first-order valence-electron chi connectivity index (χ1n) is 8.79. The highest BCUT2D eigenvalue weighted by Gasteiger charge is 2.35. The lowest BCUT2D eigenvalue weighted by atomic mass is 9.85. The minimum absolute atomic E-state index is 0.238. The van der Waals surface area contributed by atoms with Gasteiger partial charge in [0, 0.05) is 29.7 Å². The molecule has 0 unspecified atom stereocenters. The Balaban J connectivity index is 1.63. The van der Waals surface area contributed by atoms with Gasteiger partial charge in [0.15, 0.2) is 0 Å². The molecule has 0 saturated carbocycles. The van der Waals surface area contributed by atoms with Gasteiger partial charge >= 0.3 is 5.97 Å². The van der Waals surface area contributed by atoms with Gasteiger partial charge < -0.3 is 9.72 Å². The van der Waals surface area contributed by atoms with E-state index in [1.165, 1.54) is 34.8 Å². The smallest absolute Gasteiger partial charge is 0.338 e. The quantitative estimate of drug-likeness (QED) is 0.693. The lowest BCUT2D eigenvalue weighted by Gasteiger charge is -2.40. The zero-order valence-corrected chi connectivity index (χ0v) is 14.2. The fraction of sp³-hybridized carbons (Fsp3) is 0.286. The number of rotatable bonds is 1. The number of para-hydroxylation sites is 1. The fourth-order valence-corrected chi connectivity index (χ4v) is 4.53. The maximum absolute atomic E-state index is 12.2. The number of ether oxygens (including phenoxy) is 1. The predicted octanol–water partition coefficient (Wildman–Crippen LogP) is 3.61. The molecule has 4 nitrogen and oxygen atoms in total. The summed E-state index contributed by atoms with van der Waals surface area (Å²) in [7, 11) is 1.45. The number of hydrogen-bond acceptors (Lipinski definition) is 3. The molecular weight excluding hydrogens is 312 g/mol. The maximum atomic E-state index is 12.2. The molecule has 0 aliphatic carbocycles.